The minimum atomic E-state index is -0.784. The molecule has 1 aliphatic rings. The average Bonchev–Trinajstić information content (AvgIpc) is 2.76. The number of likely N-dealkylation sites (N-methyl/N-ethyl adjacent to an activating group) is 1. The van der Waals surface area contributed by atoms with Crippen LogP contribution in [-0.2, 0) is 9.59 Å². The molecule has 2 aromatic rings. The molecule has 2 aromatic carbocycles. The molecule has 1 N–H and O–H groups in total. The van der Waals surface area contributed by atoms with Crippen molar-refractivity contribution in [2.75, 3.05) is 32.2 Å². The van der Waals surface area contributed by atoms with Crippen LogP contribution in [0.4, 0.5) is 5.69 Å². The van der Waals surface area contributed by atoms with Gasteiger partial charge in [0.1, 0.15) is 5.75 Å². The Labute approximate surface area is 169 Å². The average molecular weight is 396 g/mol. The van der Waals surface area contributed by atoms with E-state index in [1.807, 2.05) is 37.3 Å². The lowest BCUT2D eigenvalue weighted by Crippen LogP contribution is -2.51. The number of hydrogen-bond acceptors (Lipinski definition) is 5. The van der Waals surface area contributed by atoms with E-state index in [2.05, 4.69) is 5.32 Å². The van der Waals surface area contributed by atoms with Crippen LogP contribution < -0.4 is 24.4 Å². The molecule has 0 aromatic heterocycles. The van der Waals surface area contributed by atoms with E-state index in [1.165, 1.54) is 11.9 Å². The molecule has 0 unspecified atom stereocenters. The van der Waals surface area contributed by atoms with Gasteiger partial charge in [-0.1, -0.05) is 30.4 Å². The zero-order chi connectivity index (χ0) is 20.8. The SMILES string of the molecule is C/C=C\c1ccc(OCC(=O)N2C[C@@H](C(=O)NC)Oc3ccccc32)c(OC)c1. The first-order chi connectivity index (χ1) is 14.1. The van der Waals surface area contributed by atoms with E-state index in [0.717, 1.165) is 5.56 Å². The maximum Gasteiger partial charge on any atom is 0.265 e. The molecule has 1 heterocycles. The summed E-state index contributed by atoms with van der Waals surface area (Å²) >= 11 is 0. The lowest BCUT2D eigenvalue weighted by atomic mass is 10.1. The van der Waals surface area contributed by atoms with Gasteiger partial charge in [-0.15, -0.1) is 0 Å². The number of anilines is 1. The fourth-order valence-corrected chi connectivity index (χ4v) is 3.09. The number of amides is 2. The fourth-order valence-electron chi connectivity index (χ4n) is 3.09. The maximum atomic E-state index is 12.9. The number of nitrogens with one attached hydrogen (secondary N) is 1. The van der Waals surface area contributed by atoms with Crippen LogP contribution in [0.5, 0.6) is 17.2 Å². The van der Waals surface area contributed by atoms with Gasteiger partial charge in [-0.05, 0) is 36.8 Å². The molecule has 2 amide bonds. The third kappa shape index (κ3) is 4.51. The first-order valence-corrected chi connectivity index (χ1v) is 9.28. The number of hydrogen-bond donors (Lipinski definition) is 1. The van der Waals surface area contributed by atoms with Gasteiger partial charge in [-0.2, -0.15) is 0 Å². The van der Waals surface area contributed by atoms with Crippen LogP contribution in [0.25, 0.3) is 6.08 Å². The molecule has 0 saturated heterocycles. The van der Waals surface area contributed by atoms with Gasteiger partial charge in [-0.3, -0.25) is 9.59 Å². The number of nitrogens with zero attached hydrogens (tertiary/aromatic N) is 1. The van der Waals surface area contributed by atoms with E-state index < -0.39 is 6.10 Å². The van der Waals surface area contributed by atoms with Crippen LogP contribution in [0.1, 0.15) is 12.5 Å². The smallest absolute Gasteiger partial charge is 0.265 e. The predicted molar refractivity (Wildman–Crippen MR) is 110 cm³/mol. The lowest BCUT2D eigenvalue weighted by Gasteiger charge is -2.33. The van der Waals surface area contributed by atoms with Gasteiger partial charge in [0.15, 0.2) is 24.2 Å². The Morgan fingerprint density at radius 1 is 1.24 bits per heavy atom. The van der Waals surface area contributed by atoms with Crippen molar-refractivity contribution in [1.82, 2.24) is 5.32 Å². The fraction of sp³-hybridized carbons (Fsp3) is 0.273. The van der Waals surface area contributed by atoms with E-state index in [0.29, 0.717) is 22.9 Å². The quantitative estimate of drug-likeness (QED) is 0.812. The largest absolute Gasteiger partial charge is 0.493 e. The summed E-state index contributed by atoms with van der Waals surface area (Å²) in [6, 6.07) is 12.6. The van der Waals surface area contributed by atoms with Gasteiger partial charge in [0, 0.05) is 7.05 Å². The van der Waals surface area contributed by atoms with Gasteiger partial charge in [0.05, 0.1) is 19.3 Å². The molecule has 0 radical (unpaired) electrons. The summed E-state index contributed by atoms with van der Waals surface area (Å²) in [5.74, 6) is 0.917. The number of para-hydroxylation sites is 2. The van der Waals surface area contributed by atoms with Crippen molar-refractivity contribution in [3.63, 3.8) is 0 Å². The van der Waals surface area contributed by atoms with Crippen molar-refractivity contribution in [3.05, 3.63) is 54.1 Å². The van der Waals surface area contributed by atoms with Crippen molar-refractivity contribution in [2.24, 2.45) is 0 Å². The monoisotopic (exact) mass is 396 g/mol. The summed E-state index contributed by atoms with van der Waals surface area (Å²) in [5.41, 5.74) is 1.58. The van der Waals surface area contributed by atoms with Gasteiger partial charge in [-0.25, -0.2) is 0 Å². The van der Waals surface area contributed by atoms with Crippen LogP contribution >= 0.6 is 0 Å². The highest BCUT2D eigenvalue weighted by molar-refractivity contribution is 5.98. The molecule has 0 bridgehead atoms. The van der Waals surface area contributed by atoms with Crippen LogP contribution in [0, 0.1) is 0 Å². The van der Waals surface area contributed by atoms with E-state index in [1.54, 1.807) is 31.4 Å². The molecule has 0 aliphatic carbocycles. The molecule has 152 valence electrons. The number of rotatable bonds is 6. The number of fused-ring (bicyclic) bond motifs is 1. The van der Waals surface area contributed by atoms with Gasteiger partial charge >= 0.3 is 0 Å². The molecular weight excluding hydrogens is 372 g/mol. The van der Waals surface area contributed by atoms with Crippen molar-refractivity contribution in [3.8, 4) is 17.2 Å². The predicted octanol–water partition coefficient (Wildman–Crippen LogP) is 2.65. The molecule has 0 fully saturated rings. The Morgan fingerprint density at radius 2 is 2.03 bits per heavy atom. The highest BCUT2D eigenvalue weighted by Crippen LogP contribution is 2.34. The molecule has 7 heteroatoms. The normalized spacial score (nSPS) is 15.4. The number of allylic oxidation sites excluding steroid dienone is 1. The molecule has 1 atom stereocenters. The second-order valence-corrected chi connectivity index (χ2v) is 6.39. The molecular formula is C22H24N2O5. The number of methoxy groups -OCH3 is 1. The van der Waals surface area contributed by atoms with Crippen LogP contribution in [0.2, 0.25) is 0 Å². The summed E-state index contributed by atoms with van der Waals surface area (Å²) in [7, 11) is 3.08. The second kappa shape index (κ2) is 9.14. The summed E-state index contributed by atoms with van der Waals surface area (Å²) in [4.78, 5) is 26.5. The van der Waals surface area contributed by atoms with Gasteiger partial charge in [0.25, 0.3) is 11.8 Å². The number of ether oxygens (including phenoxy) is 3. The Kier molecular flexibility index (Phi) is 6.39. The van der Waals surface area contributed by atoms with Crippen LogP contribution in [0.3, 0.4) is 0 Å². The minimum Gasteiger partial charge on any atom is -0.493 e. The van der Waals surface area contributed by atoms with Gasteiger partial charge < -0.3 is 24.4 Å². The molecule has 3 rings (SSSR count). The topological polar surface area (TPSA) is 77.1 Å². The van der Waals surface area contributed by atoms with Crippen molar-refractivity contribution < 1.29 is 23.8 Å². The Morgan fingerprint density at radius 3 is 2.76 bits per heavy atom. The lowest BCUT2D eigenvalue weighted by molar-refractivity contribution is -0.128. The van der Waals surface area contributed by atoms with Crippen molar-refractivity contribution in [2.45, 2.75) is 13.0 Å². The number of carbonyl (C=O) groups is 2. The van der Waals surface area contributed by atoms with E-state index in [4.69, 9.17) is 14.2 Å². The van der Waals surface area contributed by atoms with Crippen LogP contribution in [-0.4, -0.2) is 45.2 Å². The van der Waals surface area contributed by atoms with E-state index >= 15 is 0 Å². The standard InChI is InChI=1S/C22H24N2O5/c1-4-7-15-10-11-18(19(12-15)27-3)28-14-21(25)24-13-20(22(26)23-2)29-17-9-6-5-8-16(17)24/h4-12,20H,13-14H2,1-3H3,(H,23,26)/b7-4-/t20-/m0/s1. The van der Waals surface area contributed by atoms with E-state index in [9.17, 15) is 9.59 Å². The maximum absolute atomic E-state index is 12.9. The van der Waals surface area contributed by atoms with E-state index in [-0.39, 0.29) is 25.0 Å². The molecule has 7 nitrogen and oxygen atoms in total. The minimum absolute atomic E-state index is 0.107. The Bertz CT molecular complexity index is 925. The zero-order valence-corrected chi connectivity index (χ0v) is 16.7. The van der Waals surface area contributed by atoms with Crippen molar-refractivity contribution >= 4 is 23.6 Å². The Hall–Kier alpha value is -3.48. The van der Waals surface area contributed by atoms with Crippen molar-refractivity contribution in [1.29, 1.82) is 0 Å². The first-order valence-electron chi connectivity index (χ1n) is 9.28. The summed E-state index contributed by atoms with van der Waals surface area (Å²) in [6.07, 6.45) is 3.09. The number of benzene rings is 2. The molecule has 0 saturated carbocycles. The molecule has 1 aliphatic heterocycles. The first kappa shape index (κ1) is 20.3. The van der Waals surface area contributed by atoms with Crippen LogP contribution in [0.15, 0.2) is 48.5 Å². The molecule has 29 heavy (non-hydrogen) atoms. The second-order valence-electron chi connectivity index (χ2n) is 6.39. The third-order valence-electron chi connectivity index (χ3n) is 4.51. The number of carbonyl (C=O) groups excluding carboxylic acids is 2. The summed E-state index contributed by atoms with van der Waals surface area (Å²) in [5, 5.41) is 2.56. The zero-order valence-electron chi connectivity index (χ0n) is 16.7. The summed E-state index contributed by atoms with van der Waals surface area (Å²) in [6.45, 7) is 1.84. The Balaban J connectivity index is 1.77. The summed E-state index contributed by atoms with van der Waals surface area (Å²) < 4.78 is 16.8. The third-order valence-corrected chi connectivity index (χ3v) is 4.51. The molecule has 0 spiro atoms. The van der Waals surface area contributed by atoms with Gasteiger partial charge in [0.2, 0.25) is 0 Å². The highest BCUT2D eigenvalue weighted by Gasteiger charge is 2.33. The highest BCUT2D eigenvalue weighted by atomic mass is 16.5.